The van der Waals surface area contributed by atoms with Crippen LogP contribution >= 0.6 is 0 Å². The monoisotopic (exact) mass is 270 g/mol. The van der Waals surface area contributed by atoms with E-state index >= 15 is 0 Å². The normalized spacial score (nSPS) is 11.6. The molecule has 1 amide bonds. The van der Waals surface area contributed by atoms with E-state index in [4.69, 9.17) is 5.73 Å². The number of pyridine rings is 1. The smallest absolute Gasteiger partial charge is 0.365 e. The van der Waals surface area contributed by atoms with E-state index in [1.54, 1.807) is 13.0 Å². The van der Waals surface area contributed by atoms with Crippen molar-refractivity contribution >= 4 is 5.91 Å². The minimum absolute atomic E-state index is 0.129. The predicted octanol–water partition coefficient (Wildman–Crippen LogP) is 1.69. The molecular formula is C11H9F3N4O. The molecule has 0 aromatic carbocycles. The number of amides is 1. The van der Waals surface area contributed by atoms with Crippen LogP contribution in [-0.4, -0.2) is 20.7 Å². The summed E-state index contributed by atoms with van der Waals surface area (Å²) in [5, 5.41) is 3.93. The first kappa shape index (κ1) is 13.1. The van der Waals surface area contributed by atoms with Gasteiger partial charge in [-0.2, -0.15) is 18.3 Å². The van der Waals surface area contributed by atoms with E-state index in [1.807, 2.05) is 0 Å². The summed E-state index contributed by atoms with van der Waals surface area (Å²) >= 11 is 0. The highest BCUT2D eigenvalue weighted by Crippen LogP contribution is 2.28. The van der Waals surface area contributed by atoms with Crippen molar-refractivity contribution in [3.63, 3.8) is 0 Å². The van der Waals surface area contributed by atoms with Crippen molar-refractivity contribution in [2.24, 2.45) is 5.73 Å². The van der Waals surface area contributed by atoms with Crippen LogP contribution in [0.25, 0.3) is 5.82 Å². The topological polar surface area (TPSA) is 73.8 Å². The first-order valence-electron chi connectivity index (χ1n) is 5.20. The van der Waals surface area contributed by atoms with Crippen LogP contribution in [0.4, 0.5) is 13.2 Å². The summed E-state index contributed by atoms with van der Waals surface area (Å²) in [6.07, 6.45) is -3.20. The molecule has 2 aromatic rings. The highest BCUT2D eigenvalue weighted by atomic mass is 19.4. The molecule has 2 rings (SSSR count). The van der Waals surface area contributed by atoms with Crippen molar-refractivity contribution in [2.45, 2.75) is 13.1 Å². The number of primary amides is 1. The predicted molar refractivity (Wildman–Crippen MR) is 59.6 cm³/mol. The SMILES string of the molecule is Cc1ccn(-c2nc(C(F)(F)F)ccc2C(N)=O)n1. The minimum Gasteiger partial charge on any atom is -0.365 e. The molecular weight excluding hydrogens is 261 g/mol. The second-order valence-corrected chi connectivity index (χ2v) is 3.83. The number of alkyl halides is 3. The van der Waals surface area contributed by atoms with E-state index in [0.29, 0.717) is 11.8 Å². The van der Waals surface area contributed by atoms with Crippen LogP contribution in [-0.2, 0) is 6.18 Å². The second-order valence-electron chi connectivity index (χ2n) is 3.83. The second kappa shape index (κ2) is 4.38. The van der Waals surface area contributed by atoms with E-state index in [2.05, 4.69) is 10.1 Å². The molecule has 2 aromatic heterocycles. The summed E-state index contributed by atoms with van der Waals surface area (Å²) in [7, 11) is 0. The molecule has 0 fully saturated rings. The van der Waals surface area contributed by atoms with E-state index in [9.17, 15) is 18.0 Å². The Balaban J connectivity index is 2.64. The molecule has 2 N–H and O–H groups in total. The largest absolute Gasteiger partial charge is 0.433 e. The highest BCUT2D eigenvalue weighted by Gasteiger charge is 2.33. The summed E-state index contributed by atoms with van der Waals surface area (Å²) in [6.45, 7) is 1.66. The molecule has 0 aliphatic rings. The summed E-state index contributed by atoms with van der Waals surface area (Å²) in [5.74, 6) is -1.11. The number of nitrogens with zero attached hydrogens (tertiary/aromatic N) is 3. The van der Waals surface area contributed by atoms with Crippen LogP contribution in [0, 0.1) is 6.92 Å². The maximum atomic E-state index is 12.6. The lowest BCUT2D eigenvalue weighted by atomic mass is 10.2. The van der Waals surface area contributed by atoms with Gasteiger partial charge in [0.2, 0.25) is 0 Å². The average Bonchev–Trinajstić information content (AvgIpc) is 2.73. The molecule has 0 aliphatic carbocycles. The van der Waals surface area contributed by atoms with Crippen molar-refractivity contribution in [3.05, 3.63) is 41.3 Å². The number of rotatable bonds is 2. The maximum Gasteiger partial charge on any atom is 0.433 e. The molecule has 100 valence electrons. The Labute approximate surface area is 105 Å². The van der Waals surface area contributed by atoms with Gasteiger partial charge in [0.25, 0.3) is 5.91 Å². The van der Waals surface area contributed by atoms with Crippen molar-refractivity contribution < 1.29 is 18.0 Å². The molecule has 0 aliphatic heterocycles. The van der Waals surface area contributed by atoms with Gasteiger partial charge in [-0.05, 0) is 25.1 Å². The molecule has 19 heavy (non-hydrogen) atoms. The number of carbonyl (C=O) groups is 1. The van der Waals surface area contributed by atoms with Gasteiger partial charge in [0.05, 0.1) is 11.3 Å². The number of aromatic nitrogens is 3. The molecule has 0 saturated carbocycles. The zero-order valence-electron chi connectivity index (χ0n) is 9.77. The molecule has 5 nitrogen and oxygen atoms in total. The maximum absolute atomic E-state index is 12.6. The lowest BCUT2D eigenvalue weighted by molar-refractivity contribution is -0.141. The van der Waals surface area contributed by atoms with Crippen LogP contribution < -0.4 is 5.73 Å². The van der Waals surface area contributed by atoms with Crippen LogP contribution in [0.3, 0.4) is 0 Å². The number of hydrogen-bond donors (Lipinski definition) is 1. The van der Waals surface area contributed by atoms with Crippen LogP contribution in [0.5, 0.6) is 0 Å². The van der Waals surface area contributed by atoms with Gasteiger partial charge < -0.3 is 5.73 Å². The number of hydrogen-bond acceptors (Lipinski definition) is 3. The quantitative estimate of drug-likeness (QED) is 0.902. The average molecular weight is 270 g/mol. The third kappa shape index (κ3) is 2.56. The Hall–Kier alpha value is -2.38. The van der Waals surface area contributed by atoms with Gasteiger partial charge in [0.15, 0.2) is 5.82 Å². The number of aryl methyl sites for hydroxylation is 1. The van der Waals surface area contributed by atoms with Crippen LogP contribution in [0.2, 0.25) is 0 Å². The highest BCUT2D eigenvalue weighted by molar-refractivity contribution is 5.95. The summed E-state index contributed by atoms with van der Waals surface area (Å²) in [5.41, 5.74) is 4.46. The third-order valence-electron chi connectivity index (χ3n) is 2.37. The van der Waals surface area contributed by atoms with Gasteiger partial charge in [0, 0.05) is 6.20 Å². The van der Waals surface area contributed by atoms with Crippen molar-refractivity contribution in [3.8, 4) is 5.82 Å². The third-order valence-corrected chi connectivity index (χ3v) is 2.37. The minimum atomic E-state index is -4.60. The van der Waals surface area contributed by atoms with Gasteiger partial charge in [-0.15, -0.1) is 0 Å². The van der Waals surface area contributed by atoms with E-state index in [-0.39, 0.29) is 11.4 Å². The van der Waals surface area contributed by atoms with Gasteiger partial charge in [-0.25, -0.2) is 9.67 Å². The molecule has 0 radical (unpaired) electrons. The molecule has 2 heterocycles. The Morgan fingerprint density at radius 2 is 2.00 bits per heavy atom. The standard InChI is InChI=1S/C11H9F3N4O/c1-6-4-5-18(17-6)10-7(9(15)19)2-3-8(16-10)11(12,13)14/h2-5H,1H3,(H2,15,19). The fourth-order valence-corrected chi connectivity index (χ4v) is 1.51. The van der Waals surface area contributed by atoms with Crippen LogP contribution in [0.15, 0.2) is 24.4 Å². The fraction of sp³-hybridized carbons (Fsp3) is 0.182. The first-order valence-corrected chi connectivity index (χ1v) is 5.20. The van der Waals surface area contributed by atoms with Gasteiger partial charge >= 0.3 is 6.18 Å². The van der Waals surface area contributed by atoms with Crippen LogP contribution in [0.1, 0.15) is 21.7 Å². The summed E-state index contributed by atoms with van der Waals surface area (Å²) < 4.78 is 38.9. The van der Waals surface area contributed by atoms with Crippen molar-refractivity contribution in [1.82, 2.24) is 14.8 Å². The molecule has 0 spiro atoms. The van der Waals surface area contributed by atoms with E-state index < -0.39 is 17.8 Å². The van der Waals surface area contributed by atoms with Gasteiger partial charge in [0.1, 0.15) is 5.69 Å². The Bertz CT molecular complexity index is 633. The fourth-order valence-electron chi connectivity index (χ4n) is 1.51. The summed E-state index contributed by atoms with van der Waals surface area (Å²) in [4.78, 5) is 14.6. The molecule has 0 unspecified atom stereocenters. The lowest BCUT2D eigenvalue weighted by Gasteiger charge is -2.10. The number of nitrogens with two attached hydrogens (primary N) is 1. The number of halogens is 3. The summed E-state index contributed by atoms with van der Waals surface area (Å²) in [6, 6.07) is 3.27. The van der Waals surface area contributed by atoms with Gasteiger partial charge in [-0.1, -0.05) is 0 Å². The van der Waals surface area contributed by atoms with E-state index in [1.165, 1.54) is 6.20 Å². The zero-order valence-corrected chi connectivity index (χ0v) is 9.77. The Morgan fingerprint density at radius 1 is 1.32 bits per heavy atom. The Kier molecular flexibility index (Phi) is 3.01. The van der Waals surface area contributed by atoms with Crippen molar-refractivity contribution in [2.75, 3.05) is 0 Å². The molecule has 0 saturated heterocycles. The Morgan fingerprint density at radius 3 is 2.47 bits per heavy atom. The van der Waals surface area contributed by atoms with E-state index in [0.717, 1.165) is 10.7 Å². The first-order chi connectivity index (χ1) is 8.79. The molecule has 8 heteroatoms. The van der Waals surface area contributed by atoms with Gasteiger partial charge in [-0.3, -0.25) is 4.79 Å². The molecule has 0 bridgehead atoms. The zero-order chi connectivity index (χ0) is 14.2. The van der Waals surface area contributed by atoms with Crippen molar-refractivity contribution in [1.29, 1.82) is 0 Å². The number of carbonyl (C=O) groups excluding carboxylic acids is 1. The lowest BCUT2D eigenvalue weighted by Crippen LogP contribution is -2.19. The molecule has 0 atom stereocenters.